The maximum atomic E-state index is 12.2. The molecule has 0 radical (unpaired) electrons. The van der Waals surface area contributed by atoms with Crippen molar-refractivity contribution in [3.63, 3.8) is 0 Å². The molecule has 0 aliphatic heterocycles. The van der Waals surface area contributed by atoms with Gasteiger partial charge < -0.3 is 10.6 Å². The first-order valence-electron chi connectivity index (χ1n) is 7.24. The van der Waals surface area contributed by atoms with Crippen molar-refractivity contribution in [2.45, 2.75) is 38.6 Å². The van der Waals surface area contributed by atoms with Gasteiger partial charge in [-0.1, -0.05) is 42.3 Å². The predicted octanol–water partition coefficient (Wildman–Crippen LogP) is 3.20. The molecule has 0 aromatic heterocycles. The van der Waals surface area contributed by atoms with E-state index in [1.54, 1.807) is 4.90 Å². The van der Waals surface area contributed by atoms with Gasteiger partial charge in [-0.3, -0.25) is 4.79 Å². The third-order valence-corrected chi connectivity index (χ3v) is 3.48. The summed E-state index contributed by atoms with van der Waals surface area (Å²) < 4.78 is 0. The SMILES string of the molecule is C=CCCCCCN(C)C(=O)C(N)c1ccc(C)cc1. The van der Waals surface area contributed by atoms with E-state index in [2.05, 4.69) is 6.58 Å². The average Bonchev–Trinajstić information content (AvgIpc) is 2.46. The molecule has 0 saturated heterocycles. The van der Waals surface area contributed by atoms with Crippen molar-refractivity contribution in [3.05, 3.63) is 48.0 Å². The zero-order chi connectivity index (χ0) is 15.0. The second-order valence-electron chi connectivity index (χ2n) is 5.29. The number of likely N-dealkylation sites (N-methyl/N-ethyl adjacent to an activating group) is 1. The van der Waals surface area contributed by atoms with Gasteiger partial charge in [0, 0.05) is 13.6 Å². The van der Waals surface area contributed by atoms with Gasteiger partial charge in [0.15, 0.2) is 0 Å². The lowest BCUT2D eigenvalue weighted by Gasteiger charge is -2.21. The van der Waals surface area contributed by atoms with Gasteiger partial charge in [-0.25, -0.2) is 0 Å². The van der Waals surface area contributed by atoms with Crippen molar-refractivity contribution in [1.29, 1.82) is 0 Å². The van der Waals surface area contributed by atoms with Crippen molar-refractivity contribution in [2.75, 3.05) is 13.6 Å². The van der Waals surface area contributed by atoms with Crippen LogP contribution in [-0.2, 0) is 4.79 Å². The Hall–Kier alpha value is -1.61. The number of benzene rings is 1. The Bertz CT molecular complexity index is 425. The van der Waals surface area contributed by atoms with Gasteiger partial charge in [0.2, 0.25) is 5.91 Å². The van der Waals surface area contributed by atoms with E-state index in [1.807, 2.05) is 44.3 Å². The first kappa shape index (κ1) is 16.4. The van der Waals surface area contributed by atoms with Crippen LogP contribution < -0.4 is 5.73 Å². The number of hydrogen-bond acceptors (Lipinski definition) is 2. The third kappa shape index (κ3) is 5.17. The molecule has 0 aliphatic carbocycles. The van der Waals surface area contributed by atoms with E-state index in [1.165, 1.54) is 5.56 Å². The van der Waals surface area contributed by atoms with Crippen molar-refractivity contribution >= 4 is 5.91 Å². The van der Waals surface area contributed by atoms with Crippen molar-refractivity contribution in [2.24, 2.45) is 5.73 Å². The highest BCUT2D eigenvalue weighted by Gasteiger charge is 2.19. The van der Waals surface area contributed by atoms with Crippen LogP contribution in [0.4, 0.5) is 0 Å². The Morgan fingerprint density at radius 1 is 1.30 bits per heavy atom. The van der Waals surface area contributed by atoms with Gasteiger partial charge in [0.1, 0.15) is 6.04 Å². The van der Waals surface area contributed by atoms with Crippen molar-refractivity contribution in [3.8, 4) is 0 Å². The molecule has 0 saturated carbocycles. The lowest BCUT2D eigenvalue weighted by Crippen LogP contribution is -2.36. The Morgan fingerprint density at radius 2 is 1.95 bits per heavy atom. The summed E-state index contributed by atoms with van der Waals surface area (Å²) in [5.74, 6) is -0.0161. The Balaban J connectivity index is 2.43. The van der Waals surface area contributed by atoms with Crippen LogP contribution in [0.5, 0.6) is 0 Å². The molecule has 3 nitrogen and oxygen atoms in total. The summed E-state index contributed by atoms with van der Waals surface area (Å²) in [6, 6.07) is 7.26. The van der Waals surface area contributed by atoms with E-state index in [-0.39, 0.29) is 5.91 Å². The number of allylic oxidation sites excluding steroid dienone is 1. The molecular formula is C17H26N2O. The number of hydrogen-bond donors (Lipinski definition) is 1. The summed E-state index contributed by atoms with van der Waals surface area (Å²) in [4.78, 5) is 14.0. The van der Waals surface area contributed by atoms with Gasteiger partial charge >= 0.3 is 0 Å². The fourth-order valence-corrected chi connectivity index (χ4v) is 2.08. The van der Waals surface area contributed by atoms with Gasteiger partial charge in [-0.2, -0.15) is 0 Å². The zero-order valence-electron chi connectivity index (χ0n) is 12.6. The van der Waals surface area contributed by atoms with Crippen LogP contribution in [-0.4, -0.2) is 24.4 Å². The fraction of sp³-hybridized carbons (Fsp3) is 0.471. The molecule has 0 bridgehead atoms. The van der Waals surface area contributed by atoms with Crippen LogP contribution in [0.15, 0.2) is 36.9 Å². The van der Waals surface area contributed by atoms with E-state index < -0.39 is 6.04 Å². The smallest absolute Gasteiger partial charge is 0.243 e. The molecule has 1 unspecified atom stereocenters. The number of nitrogens with two attached hydrogens (primary N) is 1. The second-order valence-corrected chi connectivity index (χ2v) is 5.29. The molecule has 1 amide bonds. The molecule has 110 valence electrons. The number of carbonyl (C=O) groups is 1. The maximum Gasteiger partial charge on any atom is 0.243 e. The molecular weight excluding hydrogens is 248 g/mol. The number of nitrogens with zero attached hydrogens (tertiary/aromatic N) is 1. The van der Waals surface area contributed by atoms with E-state index in [9.17, 15) is 4.79 Å². The second kappa shape index (κ2) is 8.54. The van der Waals surface area contributed by atoms with E-state index in [4.69, 9.17) is 5.73 Å². The van der Waals surface area contributed by atoms with Crippen LogP contribution in [0.1, 0.15) is 42.9 Å². The first-order valence-corrected chi connectivity index (χ1v) is 7.24. The topological polar surface area (TPSA) is 46.3 Å². The van der Waals surface area contributed by atoms with Crippen LogP contribution in [0, 0.1) is 6.92 Å². The molecule has 20 heavy (non-hydrogen) atoms. The molecule has 1 atom stereocenters. The summed E-state index contributed by atoms with van der Waals surface area (Å²) in [5.41, 5.74) is 8.08. The Labute approximate surface area is 122 Å². The molecule has 2 N–H and O–H groups in total. The van der Waals surface area contributed by atoms with E-state index >= 15 is 0 Å². The summed E-state index contributed by atoms with van der Waals surface area (Å²) in [5, 5.41) is 0. The monoisotopic (exact) mass is 274 g/mol. The summed E-state index contributed by atoms with van der Waals surface area (Å²) in [6.45, 7) is 6.48. The third-order valence-electron chi connectivity index (χ3n) is 3.48. The molecule has 0 heterocycles. The number of aryl methyl sites for hydroxylation is 1. The predicted molar refractivity (Wildman–Crippen MR) is 84.4 cm³/mol. The highest BCUT2D eigenvalue weighted by atomic mass is 16.2. The fourth-order valence-electron chi connectivity index (χ4n) is 2.08. The first-order chi connectivity index (χ1) is 9.56. The number of unbranched alkanes of at least 4 members (excludes halogenated alkanes) is 3. The summed E-state index contributed by atoms with van der Waals surface area (Å²) >= 11 is 0. The molecule has 1 aromatic carbocycles. The van der Waals surface area contributed by atoms with Gasteiger partial charge in [-0.15, -0.1) is 6.58 Å². The standard InChI is InChI=1S/C17H26N2O/c1-4-5-6-7-8-13-19(3)17(20)16(18)15-11-9-14(2)10-12-15/h4,9-12,16H,1,5-8,13,18H2,2-3H3. The molecule has 0 fully saturated rings. The number of rotatable bonds is 8. The van der Waals surface area contributed by atoms with Crippen LogP contribution in [0.25, 0.3) is 0 Å². The maximum absolute atomic E-state index is 12.2. The quantitative estimate of drug-likeness (QED) is 0.584. The van der Waals surface area contributed by atoms with Crippen molar-refractivity contribution in [1.82, 2.24) is 4.90 Å². The summed E-state index contributed by atoms with van der Waals surface area (Å²) in [6.07, 6.45) is 6.23. The van der Waals surface area contributed by atoms with Gasteiger partial charge in [0.05, 0.1) is 0 Å². The normalized spacial score (nSPS) is 11.9. The van der Waals surface area contributed by atoms with Crippen LogP contribution >= 0.6 is 0 Å². The number of carbonyl (C=O) groups excluding carboxylic acids is 1. The Morgan fingerprint density at radius 3 is 2.55 bits per heavy atom. The molecule has 1 aromatic rings. The highest BCUT2D eigenvalue weighted by Crippen LogP contribution is 2.14. The van der Waals surface area contributed by atoms with Crippen LogP contribution in [0.2, 0.25) is 0 Å². The summed E-state index contributed by atoms with van der Waals surface area (Å²) in [7, 11) is 1.82. The lowest BCUT2D eigenvalue weighted by molar-refractivity contribution is -0.131. The van der Waals surface area contributed by atoms with Gasteiger partial charge in [0.25, 0.3) is 0 Å². The lowest BCUT2D eigenvalue weighted by atomic mass is 10.0. The average molecular weight is 274 g/mol. The van der Waals surface area contributed by atoms with E-state index in [0.717, 1.165) is 37.8 Å². The van der Waals surface area contributed by atoms with Crippen molar-refractivity contribution < 1.29 is 4.79 Å². The Kier molecular flexibility index (Phi) is 7.02. The minimum atomic E-state index is -0.561. The molecule has 3 heteroatoms. The largest absolute Gasteiger partial charge is 0.344 e. The number of amides is 1. The van der Waals surface area contributed by atoms with E-state index in [0.29, 0.717) is 0 Å². The van der Waals surface area contributed by atoms with Crippen LogP contribution in [0.3, 0.4) is 0 Å². The zero-order valence-corrected chi connectivity index (χ0v) is 12.6. The minimum absolute atomic E-state index is 0.0161. The van der Waals surface area contributed by atoms with Gasteiger partial charge in [-0.05, 0) is 31.7 Å². The highest BCUT2D eigenvalue weighted by molar-refractivity contribution is 5.82. The molecule has 1 rings (SSSR count). The minimum Gasteiger partial charge on any atom is -0.344 e. The molecule has 0 aliphatic rings. The molecule has 0 spiro atoms.